The van der Waals surface area contributed by atoms with Crippen LogP contribution in [0.1, 0.15) is 43.0 Å². The summed E-state index contributed by atoms with van der Waals surface area (Å²) in [7, 11) is -3.73. The van der Waals surface area contributed by atoms with Gasteiger partial charge in [-0.3, -0.25) is 9.10 Å². The van der Waals surface area contributed by atoms with Crippen molar-refractivity contribution in [2.24, 2.45) is 0 Å². The summed E-state index contributed by atoms with van der Waals surface area (Å²) in [6.45, 7) is 3.44. The second-order valence-corrected chi connectivity index (χ2v) is 10.1. The Morgan fingerprint density at radius 3 is 2.38 bits per heavy atom. The third kappa shape index (κ3) is 4.87. The largest absolute Gasteiger partial charge is 0.348 e. The fourth-order valence-corrected chi connectivity index (χ4v) is 5.17. The van der Waals surface area contributed by atoms with E-state index in [4.69, 9.17) is 23.2 Å². The van der Waals surface area contributed by atoms with Gasteiger partial charge in [0.1, 0.15) is 6.04 Å². The van der Waals surface area contributed by atoms with E-state index >= 15 is 0 Å². The van der Waals surface area contributed by atoms with E-state index in [0.717, 1.165) is 35.4 Å². The first-order chi connectivity index (χ1) is 13.6. The Kier molecular flexibility index (Phi) is 6.46. The molecular formula is C21H24Cl2N2O3S. The van der Waals surface area contributed by atoms with Gasteiger partial charge in [0.25, 0.3) is 0 Å². The Labute approximate surface area is 182 Å². The van der Waals surface area contributed by atoms with Gasteiger partial charge in [-0.1, -0.05) is 41.4 Å². The van der Waals surface area contributed by atoms with E-state index in [1.807, 2.05) is 13.0 Å². The van der Waals surface area contributed by atoms with Crippen LogP contribution in [0.5, 0.6) is 0 Å². The Hall–Kier alpha value is -1.76. The van der Waals surface area contributed by atoms with Gasteiger partial charge < -0.3 is 5.32 Å². The van der Waals surface area contributed by atoms with Gasteiger partial charge in [-0.25, -0.2) is 8.42 Å². The van der Waals surface area contributed by atoms with Crippen LogP contribution in [-0.4, -0.2) is 26.6 Å². The van der Waals surface area contributed by atoms with E-state index in [-0.39, 0.29) is 16.8 Å². The monoisotopic (exact) mass is 454 g/mol. The molecule has 3 rings (SSSR count). The van der Waals surface area contributed by atoms with Crippen LogP contribution >= 0.6 is 23.2 Å². The molecule has 0 saturated carbocycles. The van der Waals surface area contributed by atoms with Crippen LogP contribution in [0, 0.1) is 0 Å². The molecule has 0 aliphatic heterocycles. The smallest absolute Gasteiger partial charge is 0.244 e. The molecule has 0 fully saturated rings. The van der Waals surface area contributed by atoms with E-state index in [1.54, 1.807) is 6.92 Å². The summed E-state index contributed by atoms with van der Waals surface area (Å²) in [5, 5.41) is 3.46. The average molecular weight is 455 g/mol. The highest BCUT2D eigenvalue weighted by Gasteiger charge is 2.30. The summed E-state index contributed by atoms with van der Waals surface area (Å²) in [5.74, 6) is -0.394. The molecule has 2 atom stereocenters. The highest BCUT2D eigenvalue weighted by Crippen LogP contribution is 2.30. The van der Waals surface area contributed by atoms with Crippen molar-refractivity contribution in [2.75, 3.05) is 10.6 Å². The van der Waals surface area contributed by atoms with Gasteiger partial charge in [0.05, 0.1) is 28.0 Å². The van der Waals surface area contributed by atoms with E-state index in [2.05, 4.69) is 17.4 Å². The molecule has 2 aromatic rings. The number of hydrogen-bond donors (Lipinski definition) is 1. The molecule has 5 nitrogen and oxygen atoms in total. The van der Waals surface area contributed by atoms with Crippen molar-refractivity contribution in [3.63, 3.8) is 0 Å². The lowest BCUT2D eigenvalue weighted by Gasteiger charge is -2.29. The number of carbonyl (C=O) groups excluding carboxylic acids is 1. The lowest BCUT2D eigenvalue weighted by Crippen LogP contribution is -2.48. The fourth-order valence-electron chi connectivity index (χ4n) is 3.71. The van der Waals surface area contributed by atoms with Gasteiger partial charge in [0.2, 0.25) is 15.9 Å². The molecule has 1 amide bonds. The Morgan fingerprint density at radius 1 is 1.03 bits per heavy atom. The predicted molar refractivity (Wildman–Crippen MR) is 118 cm³/mol. The van der Waals surface area contributed by atoms with Crippen molar-refractivity contribution >= 4 is 44.8 Å². The maximum Gasteiger partial charge on any atom is 0.244 e. The lowest BCUT2D eigenvalue weighted by molar-refractivity contribution is -0.122. The number of anilines is 1. The summed E-state index contributed by atoms with van der Waals surface area (Å²) in [4.78, 5) is 12.9. The summed E-state index contributed by atoms with van der Waals surface area (Å²) >= 11 is 12.0. The number of fused-ring (bicyclic) bond motifs is 1. The van der Waals surface area contributed by atoms with E-state index in [9.17, 15) is 13.2 Å². The molecule has 0 bridgehead atoms. The SMILES string of the molecule is CC(NC(=O)C(C)N(c1ccc(Cl)c(Cl)c1)S(C)(=O)=O)c1ccc2c(c1)CCC2. The van der Waals surface area contributed by atoms with Crippen LogP contribution in [0.15, 0.2) is 36.4 Å². The molecular weight excluding hydrogens is 431 g/mol. The number of carbonyl (C=O) groups is 1. The summed E-state index contributed by atoms with van der Waals surface area (Å²) < 4.78 is 25.9. The first kappa shape index (κ1) is 21.9. The van der Waals surface area contributed by atoms with Gasteiger partial charge in [-0.2, -0.15) is 0 Å². The van der Waals surface area contributed by atoms with Crippen molar-refractivity contribution in [3.05, 3.63) is 63.1 Å². The lowest BCUT2D eigenvalue weighted by atomic mass is 10.0. The topological polar surface area (TPSA) is 66.5 Å². The number of benzene rings is 2. The zero-order valence-electron chi connectivity index (χ0n) is 16.6. The van der Waals surface area contributed by atoms with Crippen molar-refractivity contribution in [2.45, 2.75) is 45.2 Å². The zero-order valence-corrected chi connectivity index (χ0v) is 18.9. The number of hydrogen-bond acceptors (Lipinski definition) is 3. The van der Waals surface area contributed by atoms with Crippen molar-refractivity contribution in [3.8, 4) is 0 Å². The average Bonchev–Trinajstić information content (AvgIpc) is 3.11. The second kappa shape index (κ2) is 8.54. The first-order valence-corrected chi connectivity index (χ1v) is 12.0. The van der Waals surface area contributed by atoms with Gasteiger partial charge in [-0.05, 0) is 68.0 Å². The number of rotatable bonds is 6. The van der Waals surface area contributed by atoms with Crippen LogP contribution in [0.3, 0.4) is 0 Å². The molecule has 0 heterocycles. The summed E-state index contributed by atoms with van der Waals surface area (Å²) in [6.07, 6.45) is 4.37. The standard InChI is InChI=1S/C21H24Cl2N2O3S/c1-13(16-8-7-15-5-4-6-17(15)11-16)24-21(26)14(2)25(29(3,27)28)18-9-10-19(22)20(23)12-18/h7-14H,4-6H2,1-3H3,(H,24,26). The maximum atomic E-state index is 12.9. The maximum absolute atomic E-state index is 12.9. The number of nitrogens with one attached hydrogen (secondary N) is 1. The van der Waals surface area contributed by atoms with E-state index < -0.39 is 22.0 Å². The number of amides is 1. The van der Waals surface area contributed by atoms with Gasteiger partial charge in [-0.15, -0.1) is 0 Å². The summed E-state index contributed by atoms with van der Waals surface area (Å²) in [6, 6.07) is 9.54. The van der Waals surface area contributed by atoms with Crippen molar-refractivity contribution in [1.82, 2.24) is 5.32 Å². The highest BCUT2D eigenvalue weighted by atomic mass is 35.5. The minimum absolute atomic E-state index is 0.219. The molecule has 0 radical (unpaired) electrons. The van der Waals surface area contributed by atoms with E-state index in [0.29, 0.717) is 5.02 Å². The molecule has 1 N–H and O–H groups in total. The first-order valence-electron chi connectivity index (χ1n) is 9.44. The molecule has 2 aromatic carbocycles. The highest BCUT2D eigenvalue weighted by molar-refractivity contribution is 7.92. The van der Waals surface area contributed by atoms with Crippen LogP contribution in [-0.2, 0) is 27.7 Å². The molecule has 0 spiro atoms. The van der Waals surface area contributed by atoms with Crippen molar-refractivity contribution in [1.29, 1.82) is 0 Å². The molecule has 0 saturated heterocycles. The fraction of sp³-hybridized carbons (Fsp3) is 0.381. The van der Waals surface area contributed by atoms with Crippen LogP contribution in [0.4, 0.5) is 5.69 Å². The molecule has 156 valence electrons. The number of sulfonamides is 1. The van der Waals surface area contributed by atoms with E-state index in [1.165, 1.54) is 29.3 Å². The molecule has 0 aromatic heterocycles. The van der Waals surface area contributed by atoms with Crippen LogP contribution in [0.2, 0.25) is 10.0 Å². The summed E-state index contributed by atoms with van der Waals surface area (Å²) in [5.41, 5.74) is 3.98. The molecule has 2 unspecified atom stereocenters. The molecule has 29 heavy (non-hydrogen) atoms. The number of halogens is 2. The Bertz CT molecular complexity index is 1040. The zero-order chi connectivity index (χ0) is 21.3. The third-order valence-corrected chi connectivity index (χ3v) is 7.21. The quantitative estimate of drug-likeness (QED) is 0.697. The Balaban J connectivity index is 1.81. The molecule has 8 heteroatoms. The molecule has 1 aliphatic rings. The van der Waals surface area contributed by atoms with Gasteiger partial charge >= 0.3 is 0 Å². The third-order valence-electron chi connectivity index (χ3n) is 5.23. The van der Waals surface area contributed by atoms with Crippen molar-refractivity contribution < 1.29 is 13.2 Å². The number of nitrogens with zero attached hydrogens (tertiary/aromatic N) is 1. The predicted octanol–water partition coefficient (Wildman–Crippen LogP) is 4.51. The molecule has 1 aliphatic carbocycles. The van der Waals surface area contributed by atoms with Crippen LogP contribution in [0.25, 0.3) is 0 Å². The van der Waals surface area contributed by atoms with Gasteiger partial charge in [0.15, 0.2) is 0 Å². The Morgan fingerprint density at radius 2 is 1.72 bits per heavy atom. The number of aryl methyl sites for hydroxylation is 2. The second-order valence-electron chi connectivity index (χ2n) is 7.45. The van der Waals surface area contributed by atoms with Gasteiger partial charge in [0, 0.05) is 0 Å². The normalized spacial score (nSPS) is 15.5. The minimum Gasteiger partial charge on any atom is -0.348 e. The minimum atomic E-state index is -3.73. The van der Waals surface area contributed by atoms with Crippen LogP contribution < -0.4 is 9.62 Å².